The molecule has 428 valence electrons. The number of nitrogens with one attached hydrogen (secondary N) is 3. The maximum atomic E-state index is 14.8. The number of halogens is 2. The molecule has 21 heteroatoms. The van der Waals surface area contributed by atoms with E-state index in [2.05, 4.69) is 46.8 Å². The van der Waals surface area contributed by atoms with Gasteiger partial charge in [-0.15, -0.1) is 0 Å². The van der Waals surface area contributed by atoms with Crippen LogP contribution in [0.4, 0.5) is 38.5 Å². The van der Waals surface area contributed by atoms with E-state index >= 15 is 0 Å². The van der Waals surface area contributed by atoms with Crippen molar-refractivity contribution in [1.82, 2.24) is 19.6 Å². The average Bonchev–Trinajstić information content (AvgIpc) is 3.85. The van der Waals surface area contributed by atoms with Crippen molar-refractivity contribution in [2.45, 2.75) is 119 Å². The Hall–Kier alpha value is -6.71. The Labute approximate surface area is 476 Å². The summed E-state index contributed by atoms with van der Waals surface area (Å²) in [5, 5.41) is 26.9. The summed E-state index contributed by atoms with van der Waals surface area (Å²) in [5.41, 5.74) is 3.69. The van der Waals surface area contributed by atoms with Gasteiger partial charge in [0.15, 0.2) is 0 Å². The summed E-state index contributed by atoms with van der Waals surface area (Å²) < 4.78 is 64.5. The quantitative estimate of drug-likeness (QED) is 0.0591. The van der Waals surface area contributed by atoms with E-state index in [1.165, 1.54) is 18.2 Å². The van der Waals surface area contributed by atoms with Gasteiger partial charge >= 0.3 is 0 Å². The molecule has 4 aromatic carbocycles. The van der Waals surface area contributed by atoms with Gasteiger partial charge in [-0.1, -0.05) is 29.8 Å². The molecule has 81 heavy (non-hydrogen) atoms. The molecule has 1 amide bonds. The zero-order valence-electron chi connectivity index (χ0n) is 45.8. The van der Waals surface area contributed by atoms with Crippen LogP contribution in [-0.4, -0.2) is 122 Å². The van der Waals surface area contributed by atoms with E-state index in [9.17, 15) is 32.8 Å². The van der Waals surface area contributed by atoms with Crippen molar-refractivity contribution in [1.29, 1.82) is 0 Å². The number of aliphatic hydroxyl groups is 1. The lowest BCUT2D eigenvalue weighted by molar-refractivity contribution is -0.384. The summed E-state index contributed by atoms with van der Waals surface area (Å²) in [6, 6.07) is 26.3. The van der Waals surface area contributed by atoms with Crippen LogP contribution in [0.2, 0.25) is 5.02 Å². The minimum Gasteiger partial charge on any atom is -0.491 e. The highest BCUT2D eigenvalue weighted by Gasteiger charge is 2.51. The Morgan fingerprint density at radius 1 is 0.951 bits per heavy atom. The minimum atomic E-state index is -4.66. The Bertz CT molecular complexity index is 3470. The smallest absolute Gasteiger partial charge is 0.293 e. The molecular formula is C60H69ClFN9O9S. The highest BCUT2D eigenvalue weighted by Crippen LogP contribution is 2.54. The van der Waals surface area contributed by atoms with E-state index in [0.29, 0.717) is 67.9 Å². The van der Waals surface area contributed by atoms with Gasteiger partial charge in [-0.3, -0.25) is 19.8 Å². The number of benzene rings is 4. The Morgan fingerprint density at radius 2 is 1.72 bits per heavy atom. The number of amides is 1. The van der Waals surface area contributed by atoms with Crippen molar-refractivity contribution in [3.63, 3.8) is 0 Å². The lowest BCUT2D eigenvalue weighted by Gasteiger charge is -2.58. The number of ether oxygens (including phenoxy) is 3. The van der Waals surface area contributed by atoms with Gasteiger partial charge in [0, 0.05) is 86.5 Å². The molecule has 3 atom stereocenters. The zero-order valence-corrected chi connectivity index (χ0v) is 47.4. The van der Waals surface area contributed by atoms with Gasteiger partial charge in [0.25, 0.3) is 21.6 Å². The molecular weight excluding hydrogens is 1080 g/mol. The summed E-state index contributed by atoms with van der Waals surface area (Å²) in [6.45, 7) is 10.7. The molecule has 0 bridgehead atoms. The lowest BCUT2D eigenvalue weighted by atomic mass is 9.59. The molecule has 3 saturated heterocycles. The number of piperazine rings is 1. The molecule has 6 heterocycles. The number of aromatic nitrogens is 2. The van der Waals surface area contributed by atoms with Crippen LogP contribution in [-0.2, 0) is 14.8 Å². The van der Waals surface area contributed by atoms with Crippen LogP contribution >= 0.6 is 11.6 Å². The summed E-state index contributed by atoms with van der Waals surface area (Å²) >= 11 is 6.12. The SMILES string of the molecule is CC(C)Oc1ccccc1[C@H]1CN(c2ccc(Cl)c(F)c2)CCN1C1CC2(CCN(c3ccc(C(=O)NS(=O)(=O)c4ccc(NC[C@H]5CC[C@](C)(O)CC5)c([N+](=O)[O-])c4)c(N4c5cc6cc[nH]c6nc5O[C@H]5COCC[C@@H]54)c3)CC2)C1. The highest BCUT2D eigenvalue weighted by atomic mass is 35.5. The van der Waals surface area contributed by atoms with E-state index in [-0.39, 0.29) is 52.4 Å². The largest absolute Gasteiger partial charge is 0.491 e. The number of nitrogens with zero attached hydrogens (tertiary/aromatic N) is 6. The lowest BCUT2D eigenvalue weighted by Crippen LogP contribution is -2.60. The number of carbonyl (C=O) groups is 1. The van der Waals surface area contributed by atoms with Gasteiger partial charge in [-0.2, -0.15) is 4.98 Å². The molecule has 6 aromatic rings. The first-order valence-electron chi connectivity index (χ1n) is 28.3. The molecule has 2 saturated carbocycles. The van der Waals surface area contributed by atoms with E-state index in [1.807, 2.05) is 63.2 Å². The second-order valence-electron chi connectivity index (χ2n) is 23.6. The van der Waals surface area contributed by atoms with Gasteiger partial charge in [-0.05, 0) is 157 Å². The number of pyridine rings is 1. The normalized spacial score (nSPS) is 24.1. The molecule has 2 aromatic heterocycles. The zero-order chi connectivity index (χ0) is 56.4. The summed E-state index contributed by atoms with van der Waals surface area (Å²) in [4.78, 5) is 43.5. The van der Waals surface area contributed by atoms with Crippen LogP contribution in [0.25, 0.3) is 11.0 Å². The Balaban J connectivity index is 0.807. The third kappa shape index (κ3) is 11.1. The van der Waals surface area contributed by atoms with Gasteiger partial charge in [0.1, 0.15) is 34.7 Å². The first-order chi connectivity index (χ1) is 38.9. The van der Waals surface area contributed by atoms with Crippen molar-refractivity contribution < 1.29 is 41.8 Å². The standard InChI is InChI=1S/C60H69ClFN9O9S/c1-37(2)79-54-7-5-4-6-44(54)53-35-68(40-9-12-46(61)47(62)29-40)25-26-69(53)42-32-60(33-42)20-23-67(24-21-60)41-8-11-45(50(30-41)70-49-17-27-78-36-55(49)80-58-52(70)28-39-16-22-63-56(39)65-58)57(72)66-81(76,77)43-10-13-48(51(31-43)71(74)75)64-34-38-14-18-59(3,73)19-15-38/h4-13,16,22,28-31,37-38,42,49,53,55,64,73H,14-15,17-21,23-27,32-36H2,1-3H3,(H,63,65)(H,66,72)/t38-,49-,53+,55-,59-/m0/s1. The molecule has 2 aliphatic carbocycles. The van der Waals surface area contributed by atoms with Gasteiger partial charge < -0.3 is 44.3 Å². The molecule has 4 N–H and O–H groups in total. The number of para-hydroxylation sites is 1. The molecule has 6 aliphatic rings. The monoisotopic (exact) mass is 1150 g/mol. The predicted molar refractivity (Wildman–Crippen MR) is 309 cm³/mol. The molecule has 18 nitrogen and oxygen atoms in total. The number of anilines is 5. The number of nitro groups is 1. The fraction of sp³-hybridized carbons (Fsp3) is 0.467. The number of hydrogen-bond acceptors (Lipinski definition) is 15. The number of carbonyl (C=O) groups excluding carboxylic acids is 1. The number of H-pyrrole nitrogens is 1. The van der Waals surface area contributed by atoms with E-state index in [0.717, 1.165) is 98.8 Å². The van der Waals surface area contributed by atoms with Crippen molar-refractivity contribution in [3.05, 3.63) is 129 Å². The summed E-state index contributed by atoms with van der Waals surface area (Å²) in [5.74, 6) is 0.0366. The third-order valence-electron chi connectivity index (χ3n) is 17.9. The predicted octanol–water partition coefficient (Wildman–Crippen LogP) is 10.5. The van der Waals surface area contributed by atoms with Gasteiger partial charge in [0.05, 0.1) is 56.5 Å². The van der Waals surface area contributed by atoms with Crippen LogP contribution in [0, 0.1) is 27.3 Å². The van der Waals surface area contributed by atoms with Crippen LogP contribution in [0.1, 0.15) is 101 Å². The maximum Gasteiger partial charge on any atom is 0.293 e. The highest BCUT2D eigenvalue weighted by molar-refractivity contribution is 7.90. The first kappa shape index (κ1) is 54.9. The molecule has 4 aliphatic heterocycles. The van der Waals surface area contributed by atoms with Crippen LogP contribution in [0.5, 0.6) is 11.6 Å². The number of fused-ring (bicyclic) bond motifs is 3. The van der Waals surface area contributed by atoms with Crippen LogP contribution < -0.4 is 34.2 Å². The molecule has 0 radical (unpaired) electrons. The molecule has 5 fully saturated rings. The van der Waals surface area contributed by atoms with Crippen LogP contribution in [0.3, 0.4) is 0 Å². The number of nitro benzene ring substituents is 1. The topological polar surface area (TPSA) is 208 Å². The number of hydrogen-bond donors (Lipinski definition) is 4. The summed E-state index contributed by atoms with van der Waals surface area (Å²) in [6.07, 6.45) is 8.56. The number of piperidine rings is 1. The number of sulfonamides is 1. The van der Waals surface area contributed by atoms with E-state index < -0.39 is 49.0 Å². The Kier molecular flexibility index (Phi) is 14.8. The first-order valence-corrected chi connectivity index (χ1v) is 30.2. The molecule has 0 unspecified atom stereocenters. The fourth-order valence-electron chi connectivity index (χ4n) is 13.4. The van der Waals surface area contributed by atoms with Crippen molar-refractivity contribution >= 4 is 72.7 Å². The fourth-order valence-corrected chi connectivity index (χ4v) is 14.5. The second-order valence-corrected chi connectivity index (χ2v) is 25.7. The van der Waals surface area contributed by atoms with Gasteiger partial charge in [0.2, 0.25) is 5.88 Å². The van der Waals surface area contributed by atoms with Crippen LogP contribution in [0.15, 0.2) is 102 Å². The number of aromatic amines is 1. The third-order valence-corrected chi connectivity index (χ3v) is 19.5. The molecule has 1 spiro atoms. The minimum absolute atomic E-state index is 0.00199. The number of rotatable bonds is 14. The molecule has 12 rings (SSSR count). The maximum absolute atomic E-state index is 14.8. The van der Waals surface area contributed by atoms with Crippen molar-refractivity contribution in [2.75, 3.05) is 72.5 Å². The van der Waals surface area contributed by atoms with E-state index in [4.69, 9.17) is 30.8 Å². The average molecular weight is 1150 g/mol. The second kappa shape index (κ2) is 21.9. The van der Waals surface area contributed by atoms with Crippen molar-refractivity contribution in [2.24, 2.45) is 11.3 Å². The van der Waals surface area contributed by atoms with E-state index in [1.54, 1.807) is 18.3 Å². The van der Waals surface area contributed by atoms with Gasteiger partial charge in [-0.25, -0.2) is 17.5 Å². The Morgan fingerprint density at radius 3 is 2.48 bits per heavy atom. The van der Waals surface area contributed by atoms with Crippen molar-refractivity contribution in [3.8, 4) is 11.6 Å². The summed E-state index contributed by atoms with van der Waals surface area (Å²) in [7, 11) is -4.66.